The van der Waals surface area contributed by atoms with Crippen molar-refractivity contribution in [2.45, 2.75) is 13.0 Å². The van der Waals surface area contributed by atoms with Gasteiger partial charge in [-0.15, -0.1) is 0 Å². The fraction of sp³-hybridized carbons (Fsp3) is 0.273. The van der Waals surface area contributed by atoms with Crippen LogP contribution in [-0.2, 0) is 9.53 Å². The fourth-order valence-corrected chi connectivity index (χ4v) is 1.23. The summed E-state index contributed by atoms with van der Waals surface area (Å²) in [6, 6.07) is 5.27. The second kappa shape index (κ2) is 5.12. The number of esters is 1. The second-order valence-corrected chi connectivity index (χ2v) is 3.16. The molecule has 16 heavy (non-hydrogen) atoms. The molecule has 84 valence electrons. The van der Waals surface area contributed by atoms with Gasteiger partial charge in [-0.3, -0.25) is 0 Å². The molecule has 0 aliphatic heterocycles. The van der Waals surface area contributed by atoms with Crippen LogP contribution in [0.15, 0.2) is 18.2 Å². The van der Waals surface area contributed by atoms with Gasteiger partial charge in [-0.2, -0.15) is 5.26 Å². The average Bonchev–Trinajstić information content (AvgIpc) is 2.28. The van der Waals surface area contributed by atoms with E-state index in [-0.39, 0.29) is 11.3 Å². The first-order valence-electron chi connectivity index (χ1n) is 4.63. The van der Waals surface area contributed by atoms with Gasteiger partial charge in [0.15, 0.2) is 0 Å². The predicted octanol–water partition coefficient (Wildman–Crippen LogP) is 1.67. The monoisotopic (exact) mass is 222 g/mol. The Morgan fingerprint density at radius 3 is 2.88 bits per heavy atom. The summed E-state index contributed by atoms with van der Waals surface area (Å²) in [5.41, 5.74) is 0.165. The zero-order chi connectivity index (χ0) is 12.1. The molecule has 1 atom stereocenters. The van der Waals surface area contributed by atoms with Crippen LogP contribution in [0.3, 0.4) is 0 Å². The maximum atomic E-state index is 13.2. The minimum atomic E-state index is -0.640. The van der Waals surface area contributed by atoms with Crippen molar-refractivity contribution >= 4 is 11.7 Å². The van der Waals surface area contributed by atoms with E-state index in [9.17, 15) is 9.18 Å². The van der Waals surface area contributed by atoms with E-state index < -0.39 is 17.8 Å². The molecule has 0 amide bonds. The zero-order valence-electron chi connectivity index (χ0n) is 8.95. The smallest absolute Gasteiger partial charge is 0.327 e. The highest BCUT2D eigenvalue weighted by Crippen LogP contribution is 2.18. The van der Waals surface area contributed by atoms with E-state index in [4.69, 9.17) is 5.26 Å². The highest BCUT2D eigenvalue weighted by molar-refractivity contribution is 5.79. The Morgan fingerprint density at radius 1 is 1.62 bits per heavy atom. The molecular weight excluding hydrogens is 211 g/mol. The highest BCUT2D eigenvalue weighted by Gasteiger charge is 2.15. The SMILES string of the molecule is COC(=O)C(C)Nc1cccc(F)c1C#N. The van der Waals surface area contributed by atoms with Gasteiger partial charge in [0.25, 0.3) is 0 Å². The van der Waals surface area contributed by atoms with Gasteiger partial charge in [0, 0.05) is 0 Å². The summed E-state index contributed by atoms with van der Waals surface area (Å²) in [5.74, 6) is -1.10. The minimum absolute atomic E-state index is 0.113. The van der Waals surface area contributed by atoms with Crippen LogP contribution in [0.4, 0.5) is 10.1 Å². The van der Waals surface area contributed by atoms with Crippen LogP contribution in [0.25, 0.3) is 0 Å². The van der Waals surface area contributed by atoms with Gasteiger partial charge in [0.2, 0.25) is 0 Å². The van der Waals surface area contributed by atoms with Gasteiger partial charge < -0.3 is 10.1 Å². The number of hydrogen-bond donors (Lipinski definition) is 1. The van der Waals surface area contributed by atoms with E-state index in [0.717, 1.165) is 0 Å². The van der Waals surface area contributed by atoms with Crippen molar-refractivity contribution in [3.05, 3.63) is 29.6 Å². The van der Waals surface area contributed by atoms with Gasteiger partial charge in [0.05, 0.1) is 12.8 Å². The average molecular weight is 222 g/mol. The maximum absolute atomic E-state index is 13.2. The Kier molecular flexibility index (Phi) is 3.84. The van der Waals surface area contributed by atoms with Crippen molar-refractivity contribution < 1.29 is 13.9 Å². The summed E-state index contributed by atoms with van der Waals surface area (Å²) in [7, 11) is 1.26. The minimum Gasteiger partial charge on any atom is -0.467 e. The van der Waals surface area contributed by atoms with Gasteiger partial charge in [0.1, 0.15) is 23.5 Å². The molecule has 0 bridgehead atoms. The summed E-state index contributed by atoms with van der Waals surface area (Å²) in [5, 5.41) is 11.5. The number of hydrogen-bond acceptors (Lipinski definition) is 4. The molecule has 1 unspecified atom stereocenters. The molecular formula is C11H11FN2O2. The third-order valence-electron chi connectivity index (χ3n) is 2.05. The number of nitriles is 1. The number of benzene rings is 1. The second-order valence-electron chi connectivity index (χ2n) is 3.16. The van der Waals surface area contributed by atoms with Crippen LogP contribution in [-0.4, -0.2) is 19.1 Å². The topological polar surface area (TPSA) is 62.1 Å². The van der Waals surface area contributed by atoms with E-state index in [1.165, 1.54) is 25.3 Å². The number of halogens is 1. The molecule has 0 saturated heterocycles. The lowest BCUT2D eigenvalue weighted by atomic mass is 10.1. The van der Waals surface area contributed by atoms with Crippen LogP contribution in [0, 0.1) is 17.1 Å². The first-order chi connectivity index (χ1) is 7.60. The van der Waals surface area contributed by atoms with Crippen molar-refractivity contribution in [1.29, 1.82) is 5.26 Å². The lowest BCUT2D eigenvalue weighted by Crippen LogP contribution is -2.27. The highest BCUT2D eigenvalue weighted by atomic mass is 19.1. The number of nitrogens with zero attached hydrogens (tertiary/aromatic N) is 1. The van der Waals surface area contributed by atoms with Gasteiger partial charge in [-0.05, 0) is 19.1 Å². The first-order valence-corrected chi connectivity index (χ1v) is 4.63. The molecule has 4 nitrogen and oxygen atoms in total. The third kappa shape index (κ3) is 2.48. The number of anilines is 1. The Labute approximate surface area is 92.6 Å². The maximum Gasteiger partial charge on any atom is 0.327 e. The summed E-state index contributed by atoms with van der Waals surface area (Å²) in [4.78, 5) is 11.1. The number of methoxy groups -OCH3 is 1. The molecule has 0 aromatic heterocycles. The third-order valence-corrected chi connectivity index (χ3v) is 2.05. The zero-order valence-corrected chi connectivity index (χ0v) is 8.95. The van der Waals surface area contributed by atoms with E-state index in [0.29, 0.717) is 0 Å². The van der Waals surface area contributed by atoms with Gasteiger partial charge in [-0.1, -0.05) is 6.07 Å². The normalized spacial score (nSPS) is 11.4. The van der Waals surface area contributed by atoms with Gasteiger partial charge >= 0.3 is 5.97 Å². The van der Waals surface area contributed by atoms with Crippen molar-refractivity contribution in [2.75, 3.05) is 12.4 Å². The van der Waals surface area contributed by atoms with Crippen LogP contribution in [0.2, 0.25) is 0 Å². The lowest BCUT2D eigenvalue weighted by Gasteiger charge is -2.13. The largest absolute Gasteiger partial charge is 0.467 e. The summed E-state index contributed by atoms with van der Waals surface area (Å²) < 4.78 is 17.7. The van der Waals surface area contributed by atoms with Crippen molar-refractivity contribution in [3.63, 3.8) is 0 Å². The fourth-order valence-electron chi connectivity index (χ4n) is 1.23. The van der Waals surface area contributed by atoms with Crippen LogP contribution in [0.1, 0.15) is 12.5 Å². The summed E-state index contributed by atoms with van der Waals surface area (Å²) >= 11 is 0. The van der Waals surface area contributed by atoms with E-state index >= 15 is 0 Å². The van der Waals surface area contributed by atoms with Crippen molar-refractivity contribution in [1.82, 2.24) is 0 Å². The first kappa shape index (κ1) is 12.0. The lowest BCUT2D eigenvalue weighted by molar-refractivity contribution is -0.141. The molecule has 1 aromatic rings. The van der Waals surface area contributed by atoms with Crippen LogP contribution >= 0.6 is 0 Å². The van der Waals surface area contributed by atoms with Crippen molar-refractivity contribution in [3.8, 4) is 6.07 Å². The molecule has 1 aromatic carbocycles. The molecule has 0 heterocycles. The van der Waals surface area contributed by atoms with E-state index in [1.807, 2.05) is 0 Å². The van der Waals surface area contributed by atoms with Crippen molar-refractivity contribution in [2.24, 2.45) is 0 Å². The predicted molar refractivity (Wildman–Crippen MR) is 56.2 cm³/mol. The molecule has 0 radical (unpaired) electrons. The van der Waals surface area contributed by atoms with Crippen LogP contribution < -0.4 is 5.32 Å². The molecule has 0 spiro atoms. The summed E-state index contributed by atoms with van der Waals surface area (Å²) in [6.45, 7) is 1.57. The number of rotatable bonds is 3. The molecule has 0 saturated carbocycles. The Hall–Kier alpha value is -2.09. The van der Waals surface area contributed by atoms with E-state index in [1.54, 1.807) is 13.0 Å². The van der Waals surface area contributed by atoms with Crippen LogP contribution in [0.5, 0.6) is 0 Å². The number of nitrogens with one attached hydrogen (secondary N) is 1. The van der Waals surface area contributed by atoms with E-state index in [2.05, 4.69) is 10.1 Å². The Morgan fingerprint density at radius 2 is 2.31 bits per heavy atom. The molecule has 1 N–H and O–H groups in total. The van der Waals surface area contributed by atoms with Gasteiger partial charge in [-0.25, -0.2) is 9.18 Å². The molecule has 1 rings (SSSR count). The number of ether oxygens (including phenoxy) is 1. The quantitative estimate of drug-likeness (QED) is 0.790. The summed E-state index contributed by atoms with van der Waals surface area (Å²) in [6.07, 6.45) is 0. The number of carbonyl (C=O) groups excluding carboxylic acids is 1. The standard InChI is InChI=1S/C11H11FN2O2/c1-7(11(15)16-2)14-10-5-3-4-9(12)8(10)6-13/h3-5,7,14H,1-2H3. The Bertz CT molecular complexity index is 440. The molecule has 0 fully saturated rings. The molecule has 5 heteroatoms. The molecule has 0 aliphatic carbocycles. The Balaban J connectivity index is 2.94. The molecule has 0 aliphatic rings. The number of carbonyl (C=O) groups is 1.